The number of nitrogens with two attached hydrogens (primary N) is 1. The van der Waals surface area contributed by atoms with E-state index in [4.69, 9.17) is 5.73 Å². The standard InChI is InChI=1S/C13H18N2O/c1-9(16)15-11-6-4-5-10(7-11)13(14)8-12(13,2)3/h4-7H,8,14H2,1-3H3,(H,15,16). The maximum absolute atomic E-state index is 11.0. The van der Waals surface area contributed by atoms with Crippen LogP contribution < -0.4 is 11.1 Å². The summed E-state index contributed by atoms with van der Waals surface area (Å²) in [6.45, 7) is 5.84. The van der Waals surface area contributed by atoms with Gasteiger partial charge in [0.15, 0.2) is 0 Å². The van der Waals surface area contributed by atoms with E-state index in [1.165, 1.54) is 6.92 Å². The normalized spacial score (nSPS) is 26.2. The summed E-state index contributed by atoms with van der Waals surface area (Å²) in [5.41, 5.74) is 8.17. The van der Waals surface area contributed by atoms with Crippen molar-refractivity contribution in [3.8, 4) is 0 Å². The quantitative estimate of drug-likeness (QED) is 0.799. The second-order valence-electron chi connectivity index (χ2n) is 5.29. The number of carbonyl (C=O) groups is 1. The molecule has 1 aliphatic carbocycles. The topological polar surface area (TPSA) is 55.1 Å². The molecular weight excluding hydrogens is 200 g/mol. The fourth-order valence-electron chi connectivity index (χ4n) is 2.22. The zero-order valence-corrected chi connectivity index (χ0v) is 10.0. The lowest BCUT2D eigenvalue weighted by atomic mass is 9.97. The van der Waals surface area contributed by atoms with Crippen LogP contribution in [0.3, 0.4) is 0 Å². The van der Waals surface area contributed by atoms with Gasteiger partial charge in [0, 0.05) is 18.2 Å². The third-order valence-electron chi connectivity index (χ3n) is 3.50. The van der Waals surface area contributed by atoms with Gasteiger partial charge in [-0.3, -0.25) is 4.79 Å². The Morgan fingerprint density at radius 3 is 2.56 bits per heavy atom. The van der Waals surface area contributed by atoms with Gasteiger partial charge < -0.3 is 11.1 Å². The first-order valence-corrected chi connectivity index (χ1v) is 5.52. The monoisotopic (exact) mass is 218 g/mol. The van der Waals surface area contributed by atoms with E-state index in [-0.39, 0.29) is 16.9 Å². The van der Waals surface area contributed by atoms with E-state index in [1.54, 1.807) is 0 Å². The van der Waals surface area contributed by atoms with Gasteiger partial charge in [-0.05, 0) is 29.5 Å². The van der Waals surface area contributed by atoms with Crippen LogP contribution in [0.2, 0.25) is 0 Å². The molecule has 1 aliphatic rings. The number of carbonyl (C=O) groups excluding carboxylic acids is 1. The third-order valence-corrected chi connectivity index (χ3v) is 3.50. The molecule has 3 heteroatoms. The van der Waals surface area contributed by atoms with Crippen LogP contribution in [0.25, 0.3) is 0 Å². The molecule has 86 valence electrons. The van der Waals surface area contributed by atoms with E-state index in [2.05, 4.69) is 19.2 Å². The van der Waals surface area contributed by atoms with E-state index in [0.717, 1.165) is 17.7 Å². The average molecular weight is 218 g/mol. The Labute approximate surface area is 96.0 Å². The van der Waals surface area contributed by atoms with Gasteiger partial charge in [0.25, 0.3) is 0 Å². The van der Waals surface area contributed by atoms with E-state index in [1.807, 2.05) is 24.3 Å². The van der Waals surface area contributed by atoms with Gasteiger partial charge in [-0.2, -0.15) is 0 Å². The van der Waals surface area contributed by atoms with Gasteiger partial charge in [-0.1, -0.05) is 26.0 Å². The number of benzene rings is 1. The molecule has 1 fully saturated rings. The molecule has 0 heterocycles. The van der Waals surface area contributed by atoms with Crippen LogP contribution in [0.4, 0.5) is 5.69 Å². The molecule has 1 unspecified atom stereocenters. The molecule has 0 aliphatic heterocycles. The van der Waals surface area contributed by atoms with E-state index < -0.39 is 0 Å². The molecule has 0 radical (unpaired) electrons. The highest BCUT2D eigenvalue weighted by Crippen LogP contribution is 2.60. The molecule has 3 N–H and O–H groups in total. The van der Waals surface area contributed by atoms with Crippen molar-refractivity contribution in [1.29, 1.82) is 0 Å². The SMILES string of the molecule is CC(=O)Nc1cccc(C2(N)CC2(C)C)c1. The molecule has 0 bridgehead atoms. The maximum atomic E-state index is 11.0. The Kier molecular flexibility index (Phi) is 2.31. The van der Waals surface area contributed by atoms with Gasteiger partial charge in [0.1, 0.15) is 0 Å². The van der Waals surface area contributed by atoms with Crippen molar-refractivity contribution in [2.24, 2.45) is 11.1 Å². The Balaban J connectivity index is 2.27. The van der Waals surface area contributed by atoms with Crippen LogP contribution in [0.1, 0.15) is 32.8 Å². The molecule has 0 spiro atoms. The summed E-state index contributed by atoms with van der Waals surface area (Å²) in [5.74, 6) is -0.0571. The lowest BCUT2D eigenvalue weighted by Crippen LogP contribution is -2.25. The summed E-state index contributed by atoms with van der Waals surface area (Å²) in [5, 5.41) is 2.78. The third kappa shape index (κ3) is 1.71. The zero-order valence-electron chi connectivity index (χ0n) is 10.0. The summed E-state index contributed by atoms with van der Waals surface area (Å²) in [7, 11) is 0. The number of amides is 1. The number of anilines is 1. The second kappa shape index (κ2) is 3.32. The Hall–Kier alpha value is -1.35. The molecule has 1 aromatic rings. The fraction of sp³-hybridized carbons (Fsp3) is 0.462. The highest BCUT2D eigenvalue weighted by molar-refractivity contribution is 5.88. The number of nitrogens with one attached hydrogen (secondary N) is 1. The summed E-state index contributed by atoms with van der Waals surface area (Å²) >= 11 is 0. The van der Waals surface area contributed by atoms with Crippen molar-refractivity contribution >= 4 is 11.6 Å². The summed E-state index contributed by atoms with van der Waals surface area (Å²) in [4.78, 5) is 11.0. The highest BCUT2D eigenvalue weighted by atomic mass is 16.1. The fourth-order valence-corrected chi connectivity index (χ4v) is 2.22. The van der Waals surface area contributed by atoms with Crippen molar-refractivity contribution in [3.63, 3.8) is 0 Å². The molecule has 1 atom stereocenters. The smallest absolute Gasteiger partial charge is 0.221 e. The molecule has 16 heavy (non-hydrogen) atoms. The molecular formula is C13H18N2O. The lowest BCUT2D eigenvalue weighted by Gasteiger charge is -2.16. The average Bonchev–Trinajstić information content (AvgIpc) is 2.67. The first-order chi connectivity index (χ1) is 7.35. The van der Waals surface area contributed by atoms with Crippen molar-refractivity contribution in [3.05, 3.63) is 29.8 Å². The molecule has 0 saturated heterocycles. The van der Waals surface area contributed by atoms with Crippen molar-refractivity contribution < 1.29 is 4.79 Å². The van der Waals surface area contributed by atoms with Gasteiger partial charge in [0.05, 0.1) is 0 Å². The largest absolute Gasteiger partial charge is 0.326 e. The van der Waals surface area contributed by atoms with Gasteiger partial charge in [-0.15, -0.1) is 0 Å². The Morgan fingerprint density at radius 2 is 2.06 bits per heavy atom. The van der Waals surface area contributed by atoms with Crippen molar-refractivity contribution in [1.82, 2.24) is 0 Å². The minimum atomic E-state index is -0.235. The predicted molar refractivity (Wildman–Crippen MR) is 65.0 cm³/mol. The molecule has 1 amide bonds. The zero-order chi connectivity index (χ0) is 12.0. The van der Waals surface area contributed by atoms with E-state index in [9.17, 15) is 4.79 Å². The van der Waals surface area contributed by atoms with Crippen LogP contribution in [0, 0.1) is 5.41 Å². The van der Waals surface area contributed by atoms with Crippen LogP contribution in [-0.4, -0.2) is 5.91 Å². The number of hydrogen-bond donors (Lipinski definition) is 2. The highest BCUT2D eigenvalue weighted by Gasteiger charge is 2.59. The molecule has 0 aromatic heterocycles. The van der Waals surface area contributed by atoms with Crippen LogP contribution in [0.5, 0.6) is 0 Å². The Morgan fingerprint density at radius 1 is 1.44 bits per heavy atom. The first kappa shape index (κ1) is 11.1. The van der Waals surface area contributed by atoms with Crippen molar-refractivity contribution in [2.75, 3.05) is 5.32 Å². The summed E-state index contributed by atoms with van der Waals surface area (Å²) < 4.78 is 0. The molecule has 1 aromatic carbocycles. The molecule has 3 nitrogen and oxygen atoms in total. The van der Waals surface area contributed by atoms with Crippen LogP contribution in [0.15, 0.2) is 24.3 Å². The van der Waals surface area contributed by atoms with Gasteiger partial charge in [-0.25, -0.2) is 0 Å². The maximum Gasteiger partial charge on any atom is 0.221 e. The first-order valence-electron chi connectivity index (χ1n) is 5.52. The van der Waals surface area contributed by atoms with E-state index >= 15 is 0 Å². The Bertz CT molecular complexity index is 439. The summed E-state index contributed by atoms with van der Waals surface area (Å²) in [6.07, 6.45) is 0.990. The van der Waals surface area contributed by atoms with Crippen LogP contribution in [-0.2, 0) is 10.3 Å². The van der Waals surface area contributed by atoms with Crippen molar-refractivity contribution in [2.45, 2.75) is 32.7 Å². The predicted octanol–water partition coefficient (Wildman–Crippen LogP) is 2.23. The van der Waals surface area contributed by atoms with E-state index in [0.29, 0.717) is 0 Å². The lowest BCUT2D eigenvalue weighted by molar-refractivity contribution is -0.114. The van der Waals surface area contributed by atoms with Gasteiger partial charge in [0.2, 0.25) is 5.91 Å². The molecule has 1 saturated carbocycles. The summed E-state index contributed by atoms with van der Waals surface area (Å²) in [6, 6.07) is 7.81. The second-order valence-corrected chi connectivity index (χ2v) is 5.29. The van der Waals surface area contributed by atoms with Gasteiger partial charge >= 0.3 is 0 Å². The molecule has 2 rings (SSSR count). The van der Waals surface area contributed by atoms with Crippen LogP contribution >= 0.6 is 0 Å². The minimum absolute atomic E-state index is 0.0571. The number of hydrogen-bond acceptors (Lipinski definition) is 2. The minimum Gasteiger partial charge on any atom is -0.326 e. The number of rotatable bonds is 2.